The third kappa shape index (κ3) is 2.69. The highest BCUT2D eigenvalue weighted by Gasteiger charge is 2.13. The van der Waals surface area contributed by atoms with E-state index >= 15 is 0 Å². The molecule has 0 aliphatic carbocycles. The van der Waals surface area contributed by atoms with Crippen molar-refractivity contribution in [1.82, 2.24) is 9.97 Å². The van der Waals surface area contributed by atoms with Crippen LogP contribution in [0.4, 0.5) is 11.4 Å². The number of aromatic amines is 1. The Balaban J connectivity index is 2.26. The Morgan fingerprint density at radius 2 is 2.37 bits per heavy atom. The van der Waals surface area contributed by atoms with Gasteiger partial charge < -0.3 is 10.3 Å². The fraction of sp³-hybridized carbons (Fsp3) is 0.167. The number of rotatable bonds is 4. The van der Waals surface area contributed by atoms with E-state index in [1.165, 1.54) is 18.2 Å². The second-order valence-corrected chi connectivity index (χ2v) is 3.94. The first kappa shape index (κ1) is 12.6. The Bertz CT molecular complexity index is 630. The molecule has 1 unspecified atom stereocenters. The zero-order valence-corrected chi connectivity index (χ0v) is 10.1. The third-order valence-electron chi connectivity index (χ3n) is 2.64. The second-order valence-electron chi connectivity index (χ2n) is 3.94. The molecule has 0 saturated heterocycles. The molecule has 2 aromatic rings. The third-order valence-corrected chi connectivity index (χ3v) is 2.64. The number of nitrogens with zero attached hydrogens (tertiary/aromatic N) is 3. The summed E-state index contributed by atoms with van der Waals surface area (Å²) in [5.74, 6) is 0.724. The van der Waals surface area contributed by atoms with Gasteiger partial charge in [-0.05, 0) is 13.0 Å². The van der Waals surface area contributed by atoms with Gasteiger partial charge >= 0.3 is 0 Å². The molecule has 2 N–H and O–H groups in total. The maximum atomic E-state index is 10.7. The number of aromatic nitrogens is 2. The fourth-order valence-electron chi connectivity index (χ4n) is 1.68. The van der Waals surface area contributed by atoms with Crippen molar-refractivity contribution in [3.8, 4) is 6.07 Å². The minimum absolute atomic E-state index is 0.104. The van der Waals surface area contributed by atoms with Crippen LogP contribution in [0.5, 0.6) is 0 Å². The summed E-state index contributed by atoms with van der Waals surface area (Å²) < 4.78 is 0. The second kappa shape index (κ2) is 5.18. The molecule has 0 saturated carbocycles. The van der Waals surface area contributed by atoms with Crippen molar-refractivity contribution in [3.63, 3.8) is 0 Å². The van der Waals surface area contributed by atoms with Crippen LogP contribution in [-0.2, 0) is 0 Å². The maximum Gasteiger partial charge on any atom is 0.270 e. The molecule has 7 heteroatoms. The standard InChI is InChI=1S/C12H11N5O2/c1-8(12-14-4-5-15-12)16-11-3-2-10(17(18)19)6-9(11)7-13/h2-6,8,16H,1H3,(H,14,15). The van der Waals surface area contributed by atoms with Gasteiger partial charge in [0.25, 0.3) is 5.69 Å². The smallest absolute Gasteiger partial charge is 0.270 e. The number of hydrogen-bond donors (Lipinski definition) is 2. The van der Waals surface area contributed by atoms with Crippen LogP contribution in [-0.4, -0.2) is 14.9 Å². The van der Waals surface area contributed by atoms with E-state index < -0.39 is 4.92 Å². The normalized spacial score (nSPS) is 11.6. The first-order chi connectivity index (χ1) is 9.11. The summed E-state index contributed by atoms with van der Waals surface area (Å²) in [7, 11) is 0. The molecule has 0 radical (unpaired) electrons. The van der Waals surface area contributed by atoms with Crippen molar-refractivity contribution in [3.05, 3.63) is 52.1 Å². The minimum atomic E-state index is -0.527. The van der Waals surface area contributed by atoms with Crippen LogP contribution in [0.25, 0.3) is 0 Å². The van der Waals surface area contributed by atoms with Crippen LogP contribution < -0.4 is 5.32 Å². The predicted octanol–water partition coefficient (Wildman–Crippen LogP) is 2.36. The average molecular weight is 257 g/mol. The maximum absolute atomic E-state index is 10.7. The van der Waals surface area contributed by atoms with Crippen molar-refractivity contribution >= 4 is 11.4 Å². The lowest BCUT2D eigenvalue weighted by Gasteiger charge is -2.13. The molecule has 96 valence electrons. The number of H-pyrrole nitrogens is 1. The quantitative estimate of drug-likeness (QED) is 0.645. The molecule has 2 rings (SSSR count). The Labute approximate surface area is 109 Å². The number of nitriles is 1. The Morgan fingerprint density at radius 3 is 2.95 bits per heavy atom. The van der Waals surface area contributed by atoms with Gasteiger partial charge in [-0.3, -0.25) is 10.1 Å². The summed E-state index contributed by atoms with van der Waals surface area (Å²) in [4.78, 5) is 17.2. The molecule has 7 nitrogen and oxygen atoms in total. The number of benzene rings is 1. The van der Waals surface area contributed by atoms with Gasteiger partial charge in [-0.1, -0.05) is 0 Å². The SMILES string of the molecule is CC(Nc1ccc([N+](=O)[O-])cc1C#N)c1ncc[nH]1. The number of nitro benzene ring substituents is 1. The zero-order chi connectivity index (χ0) is 13.8. The highest BCUT2D eigenvalue weighted by molar-refractivity contribution is 5.61. The number of imidazole rings is 1. The lowest BCUT2D eigenvalue weighted by atomic mass is 10.1. The number of nitro groups is 1. The van der Waals surface area contributed by atoms with Crippen LogP contribution in [0.2, 0.25) is 0 Å². The van der Waals surface area contributed by atoms with E-state index in [0.29, 0.717) is 5.69 Å². The highest BCUT2D eigenvalue weighted by atomic mass is 16.6. The molecule has 1 aromatic heterocycles. The lowest BCUT2D eigenvalue weighted by molar-refractivity contribution is -0.384. The molecule has 0 fully saturated rings. The summed E-state index contributed by atoms with van der Waals surface area (Å²) >= 11 is 0. The summed E-state index contributed by atoms with van der Waals surface area (Å²) in [6.07, 6.45) is 3.34. The first-order valence-corrected chi connectivity index (χ1v) is 5.56. The average Bonchev–Trinajstić information content (AvgIpc) is 2.92. The van der Waals surface area contributed by atoms with Crippen molar-refractivity contribution in [1.29, 1.82) is 5.26 Å². The Morgan fingerprint density at radius 1 is 1.58 bits per heavy atom. The molecule has 1 aromatic carbocycles. The topological polar surface area (TPSA) is 108 Å². The van der Waals surface area contributed by atoms with Crippen LogP contribution >= 0.6 is 0 Å². The molecule has 0 bridgehead atoms. The molecule has 19 heavy (non-hydrogen) atoms. The number of anilines is 1. The highest BCUT2D eigenvalue weighted by Crippen LogP contribution is 2.24. The zero-order valence-electron chi connectivity index (χ0n) is 10.1. The number of hydrogen-bond acceptors (Lipinski definition) is 5. The predicted molar refractivity (Wildman–Crippen MR) is 68.4 cm³/mol. The van der Waals surface area contributed by atoms with Gasteiger partial charge in [0.05, 0.1) is 22.2 Å². The molecule has 1 heterocycles. The van der Waals surface area contributed by atoms with Crippen molar-refractivity contribution in [2.75, 3.05) is 5.32 Å². The van der Waals surface area contributed by atoms with Gasteiger partial charge in [0.1, 0.15) is 11.9 Å². The summed E-state index contributed by atoms with van der Waals surface area (Å²) in [5.41, 5.74) is 0.664. The Hall–Kier alpha value is -2.88. The van der Waals surface area contributed by atoms with Gasteiger partial charge in [-0.2, -0.15) is 5.26 Å². The van der Waals surface area contributed by atoms with E-state index in [9.17, 15) is 10.1 Å². The van der Waals surface area contributed by atoms with Gasteiger partial charge in [0.2, 0.25) is 0 Å². The van der Waals surface area contributed by atoms with Gasteiger partial charge in [0, 0.05) is 24.5 Å². The molecular weight excluding hydrogens is 246 g/mol. The Kier molecular flexibility index (Phi) is 3.43. The van der Waals surface area contributed by atoms with Gasteiger partial charge in [-0.15, -0.1) is 0 Å². The van der Waals surface area contributed by atoms with Crippen LogP contribution in [0, 0.1) is 21.4 Å². The van der Waals surface area contributed by atoms with E-state index in [1.807, 2.05) is 13.0 Å². The first-order valence-electron chi connectivity index (χ1n) is 5.56. The molecule has 0 amide bonds. The molecule has 0 spiro atoms. The van der Waals surface area contributed by atoms with E-state index in [2.05, 4.69) is 15.3 Å². The summed E-state index contributed by atoms with van der Waals surface area (Å²) in [6, 6.07) is 5.94. The van der Waals surface area contributed by atoms with Crippen LogP contribution in [0.1, 0.15) is 24.4 Å². The summed E-state index contributed by atoms with van der Waals surface area (Å²) in [6.45, 7) is 1.88. The lowest BCUT2D eigenvalue weighted by Crippen LogP contribution is -2.09. The number of non-ortho nitro benzene ring substituents is 1. The summed E-state index contributed by atoms with van der Waals surface area (Å²) in [5, 5.41) is 22.8. The monoisotopic (exact) mass is 257 g/mol. The van der Waals surface area contributed by atoms with Crippen LogP contribution in [0.3, 0.4) is 0 Å². The van der Waals surface area contributed by atoms with E-state index in [4.69, 9.17) is 5.26 Å². The van der Waals surface area contributed by atoms with Crippen molar-refractivity contribution < 1.29 is 4.92 Å². The minimum Gasteiger partial charge on any atom is -0.374 e. The van der Waals surface area contributed by atoms with Crippen molar-refractivity contribution in [2.24, 2.45) is 0 Å². The molecule has 1 atom stereocenters. The van der Waals surface area contributed by atoms with Crippen LogP contribution in [0.15, 0.2) is 30.6 Å². The van der Waals surface area contributed by atoms with E-state index in [-0.39, 0.29) is 17.3 Å². The molecule has 0 aliphatic rings. The van der Waals surface area contributed by atoms with Gasteiger partial charge in [-0.25, -0.2) is 4.98 Å². The molecule has 0 aliphatic heterocycles. The van der Waals surface area contributed by atoms with E-state index in [1.54, 1.807) is 12.4 Å². The largest absolute Gasteiger partial charge is 0.374 e. The number of nitrogens with one attached hydrogen (secondary N) is 2. The fourth-order valence-corrected chi connectivity index (χ4v) is 1.68. The van der Waals surface area contributed by atoms with E-state index in [0.717, 1.165) is 5.82 Å². The van der Waals surface area contributed by atoms with Crippen molar-refractivity contribution in [2.45, 2.75) is 13.0 Å². The van der Waals surface area contributed by atoms with Gasteiger partial charge in [0.15, 0.2) is 0 Å². The molecular formula is C12H11N5O2.